The Morgan fingerprint density at radius 1 is 1.15 bits per heavy atom. The number of oxazole rings is 1. The Bertz CT molecular complexity index is 1430. The second-order valence-electron chi connectivity index (χ2n) is 7.61. The van der Waals surface area contributed by atoms with Crippen molar-refractivity contribution in [3.63, 3.8) is 0 Å². The number of aromatic amines is 1. The number of H-pyrrole nitrogens is 1. The van der Waals surface area contributed by atoms with Gasteiger partial charge in [0.15, 0.2) is 5.58 Å². The lowest BCUT2D eigenvalue weighted by Crippen LogP contribution is -2.50. The van der Waals surface area contributed by atoms with Crippen LogP contribution in [-0.4, -0.2) is 28.8 Å². The summed E-state index contributed by atoms with van der Waals surface area (Å²) in [6.07, 6.45) is -3.02. The fraction of sp³-hybridized carbons (Fsp3) is 0.174. The number of nitrogens with one attached hydrogen (secondary N) is 2. The largest absolute Gasteiger partial charge is 0.573 e. The van der Waals surface area contributed by atoms with Crippen molar-refractivity contribution >= 4 is 17.0 Å². The van der Waals surface area contributed by atoms with Crippen molar-refractivity contribution in [2.75, 3.05) is 6.61 Å². The molecule has 3 heterocycles. The van der Waals surface area contributed by atoms with E-state index >= 15 is 0 Å². The molecule has 2 aromatic carbocycles. The second kappa shape index (κ2) is 7.94. The number of fused-ring (bicyclic) bond motifs is 2. The van der Waals surface area contributed by atoms with Gasteiger partial charge in [0.1, 0.15) is 22.7 Å². The summed E-state index contributed by atoms with van der Waals surface area (Å²) in [5.74, 6) is -1.09. The number of carbonyl (C=O) groups is 1. The Morgan fingerprint density at radius 2 is 1.94 bits per heavy atom. The van der Waals surface area contributed by atoms with Gasteiger partial charge in [-0.05, 0) is 48.0 Å². The molecule has 1 aliphatic heterocycles. The van der Waals surface area contributed by atoms with Crippen molar-refractivity contribution in [2.45, 2.75) is 18.3 Å². The first-order valence-electron chi connectivity index (χ1n) is 10.1. The number of pyridine rings is 1. The molecule has 0 aliphatic carbocycles. The van der Waals surface area contributed by atoms with E-state index in [0.29, 0.717) is 22.5 Å². The minimum absolute atomic E-state index is 0.214. The molecule has 5 rings (SSSR count). The zero-order valence-corrected chi connectivity index (χ0v) is 17.3. The first kappa shape index (κ1) is 21.6. The van der Waals surface area contributed by atoms with Crippen LogP contribution in [0.25, 0.3) is 11.1 Å². The average Bonchev–Trinajstić information content (AvgIpc) is 3.18. The normalized spacial score (nSPS) is 17.6. The third-order valence-electron chi connectivity index (χ3n) is 5.50. The standard InChI is InChI=1S/C23H16F3N3O5/c24-23(25,26)34-15-6-4-14(5-7-15)22(9-11-32-17-2-1-10-27-19(17)22)29-20(30)13-3-8-16-18(12-13)33-21(31)28-16/h1-8,10,12H,9,11H2,(H,28,31)(H,29,30)/t22-/m1/s1. The van der Waals surface area contributed by atoms with Crippen LogP contribution in [0.15, 0.2) is 70.0 Å². The van der Waals surface area contributed by atoms with E-state index in [1.807, 2.05) is 0 Å². The molecule has 8 nitrogen and oxygen atoms in total. The van der Waals surface area contributed by atoms with Crippen molar-refractivity contribution < 1.29 is 31.9 Å². The van der Waals surface area contributed by atoms with E-state index in [-0.39, 0.29) is 29.9 Å². The van der Waals surface area contributed by atoms with Crippen LogP contribution in [-0.2, 0) is 5.54 Å². The highest BCUT2D eigenvalue weighted by Crippen LogP contribution is 2.41. The number of carbonyl (C=O) groups excluding carboxylic acids is 1. The van der Waals surface area contributed by atoms with E-state index in [1.165, 1.54) is 42.6 Å². The van der Waals surface area contributed by atoms with Crippen LogP contribution in [0.1, 0.15) is 28.0 Å². The van der Waals surface area contributed by atoms with Gasteiger partial charge in [0, 0.05) is 18.2 Å². The Labute approximate surface area is 189 Å². The summed E-state index contributed by atoms with van der Waals surface area (Å²) in [5.41, 5.74) is 0.577. The molecular weight excluding hydrogens is 455 g/mol. The van der Waals surface area contributed by atoms with Gasteiger partial charge in [-0.3, -0.25) is 14.8 Å². The first-order valence-corrected chi connectivity index (χ1v) is 10.1. The molecule has 2 aromatic heterocycles. The van der Waals surface area contributed by atoms with Gasteiger partial charge in [0.25, 0.3) is 5.91 Å². The maximum absolute atomic E-state index is 13.3. The van der Waals surface area contributed by atoms with Crippen molar-refractivity contribution in [2.24, 2.45) is 0 Å². The summed E-state index contributed by atoms with van der Waals surface area (Å²) >= 11 is 0. The highest BCUT2D eigenvalue weighted by Gasteiger charge is 2.43. The van der Waals surface area contributed by atoms with E-state index in [1.54, 1.807) is 18.2 Å². The van der Waals surface area contributed by atoms with E-state index in [2.05, 4.69) is 20.0 Å². The number of halogens is 3. The highest BCUT2D eigenvalue weighted by atomic mass is 19.4. The Morgan fingerprint density at radius 3 is 2.71 bits per heavy atom. The minimum Gasteiger partial charge on any atom is -0.491 e. The average molecular weight is 471 g/mol. The molecule has 0 spiro atoms. The van der Waals surface area contributed by atoms with Crippen LogP contribution in [0.4, 0.5) is 13.2 Å². The summed E-state index contributed by atoms with van der Waals surface area (Å²) in [7, 11) is 0. The number of rotatable bonds is 4. The number of alkyl halides is 3. The van der Waals surface area contributed by atoms with Crippen molar-refractivity contribution in [1.82, 2.24) is 15.3 Å². The molecule has 0 bridgehead atoms. The number of ether oxygens (including phenoxy) is 2. The van der Waals surface area contributed by atoms with Gasteiger partial charge in [-0.15, -0.1) is 13.2 Å². The minimum atomic E-state index is -4.83. The predicted octanol–water partition coefficient (Wildman–Crippen LogP) is 3.87. The van der Waals surface area contributed by atoms with Gasteiger partial charge in [-0.1, -0.05) is 12.1 Å². The van der Waals surface area contributed by atoms with Gasteiger partial charge in [0.05, 0.1) is 12.1 Å². The second-order valence-corrected chi connectivity index (χ2v) is 7.61. The zero-order valence-electron chi connectivity index (χ0n) is 17.3. The van der Waals surface area contributed by atoms with Crippen molar-refractivity contribution in [3.05, 3.63) is 88.2 Å². The van der Waals surface area contributed by atoms with E-state index in [9.17, 15) is 22.8 Å². The summed E-state index contributed by atoms with van der Waals surface area (Å²) in [5, 5.41) is 2.99. The van der Waals surface area contributed by atoms with Crippen LogP contribution >= 0.6 is 0 Å². The molecule has 0 saturated heterocycles. The Kier molecular flexibility index (Phi) is 5.03. The van der Waals surface area contributed by atoms with E-state index < -0.39 is 23.6 Å². The van der Waals surface area contributed by atoms with Crippen LogP contribution in [0.5, 0.6) is 11.5 Å². The molecule has 0 radical (unpaired) electrons. The molecule has 0 fully saturated rings. The quantitative estimate of drug-likeness (QED) is 0.468. The SMILES string of the molecule is O=C(N[C@@]1(c2ccc(OC(F)(F)F)cc2)CCOc2cccnc21)c1ccc2[nH]c(=O)oc2c1. The molecule has 34 heavy (non-hydrogen) atoms. The van der Waals surface area contributed by atoms with Crippen molar-refractivity contribution in [3.8, 4) is 11.5 Å². The van der Waals surface area contributed by atoms with Crippen LogP contribution in [0.3, 0.4) is 0 Å². The van der Waals surface area contributed by atoms with Crippen molar-refractivity contribution in [1.29, 1.82) is 0 Å². The predicted molar refractivity (Wildman–Crippen MR) is 113 cm³/mol. The third-order valence-corrected chi connectivity index (χ3v) is 5.50. The van der Waals surface area contributed by atoms with E-state index in [0.717, 1.165) is 0 Å². The van der Waals surface area contributed by atoms with E-state index in [4.69, 9.17) is 9.15 Å². The highest BCUT2D eigenvalue weighted by molar-refractivity contribution is 5.97. The summed E-state index contributed by atoms with van der Waals surface area (Å²) in [6.45, 7) is 0.228. The number of amides is 1. The van der Waals surface area contributed by atoms with Gasteiger partial charge in [0.2, 0.25) is 0 Å². The lowest BCUT2D eigenvalue weighted by Gasteiger charge is -2.39. The molecule has 0 unspecified atom stereocenters. The van der Waals surface area contributed by atoms with Crippen LogP contribution in [0.2, 0.25) is 0 Å². The molecule has 1 atom stereocenters. The van der Waals surface area contributed by atoms with Gasteiger partial charge in [-0.2, -0.15) is 0 Å². The summed E-state index contributed by atoms with van der Waals surface area (Å²) in [6, 6.07) is 13.1. The third kappa shape index (κ3) is 3.96. The fourth-order valence-corrected chi connectivity index (χ4v) is 4.03. The number of benzene rings is 2. The molecule has 1 amide bonds. The van der Waals surface area contributed by atoms with Gasteiger partial charge >= 0.3 is 12.1 Å². The molecule has 2 N–H and O–H groups in total. The van der Waals surface area contributed by atoms with Crippen LogP contribution < -0.4 is 20.5 Å². The molecule has 174 valence electrons. The summed E-state index contributed by atoms with van der Waals surface area (Å²) < 4.78 is 52.5. The Balaban J connectivity index is 1.56. The zero-order chi connectivity index (χ0) is 23.9. The molecule has 4 aromatic rings. The van der Waals surface area contributed by atoms with Crippen LogP contribution in [0, 0.1) is 0 Å². The molecule has 11 heteroatoms. The fourth-order valence-electron chi connectivity index (χ4n) is 4.03. The maximum atomic E-state index is 13.3. The maximum Gasteiger partial charge on any atom is 0.573 e. The topological polar surface area (TPSA) is 106 Å². The lowest BCUT2D eigenvalue weighted by molar-refractivity contribution is -0.274. The Hall–Kier alpha value is -4.28. The number of nitrogens with zero attached hydrogens (tertiary/aromatic N) is 1. The molecule has 0 saturated carbocycles. The first-order chi connectivity index (χ1) is 16.2. The number of hydrogen-bond donors (Lipinski definition) is 2. The number of aromatic nitrogens is 2. The lowest BCUT2D eigenvalue weighted by atomic mass is 9.81. The number of hydrogen-bond acceptors (Lipinski definition) is 6. The molecular formula is C23H16F3N3O5. The smallest absolute Gasteiger partial charge is 0.491 e. The molecule has 1 aliphatic rings. The van der Waals surface area contributed by atoms with Gasteiger partial charge in [-0.25, -0.2) is 4.79 Å². The summed E-state index contributed by atoms with van der Waals surface area (Å²) in [4.78, 5) is 31.7. The monoisotopic (exact) mass is 471 g/mol. The van der Waals surface area contributed by atoms with Gasteiger partial charge < -0.3 is 19.2 Å².